The number of nitrogens with zero attached hydrogens (tertiary/aromatic N) is 1. The molecule has 0 aromatic carbocycles. The number of nitrogens with one attached hydrogen (secondary N) is 1. The molecule has 0 spiro atoms. The number of allylic oxidation sites excluding steroid dienone is 2. The van der Waals surface area contributed by atoms with Crippen molar-refractivity contribution in [3.8, 4) is 0 Å². The van der Waals surface area contributed by atoms with E-state index in [1.165, 1.54) is 0 Å². The lowest BCUT2D eigenvalue weighted by Crippen LogP contribution is -2.19. The zero-order valence-corrected chi connectivity index (χ0v) is 6.82. The average molecular weight is 184 g/mol. The van der Waals surface area contributed by atoms with Gasteiger partial charge in [-0.05, 0) is 12.2 Å². The van der Waals surface area contributed by atoms with Crippen molar-refractivity contribution in [3.05, 3.63) is 29.3 Å². The van der Waals surface area contributed by atoms with Gasteiger partial charge in [0.2, 0.25) is 6.54 Å². The predicted molar refractivity (Wildman–Crippen MR) is 44.4 cm³/mol. The monoisotopic (exact) mass is 183 g/mol. The van der Waals surface area contributed by atoms with E-state index in [-0.39, 0.29) is 24.8 Å². The third-order valence-corrected chi connectivity index (χ3v) is 0.833. The van der Waals surface area contributed by atoms with Gasteiger partial charge in [-0.2, -0.15) is 0 Å². The van der Waals surface area contributed by atoms with Crippen molar-refractivity contribution in [1.82, 2.24) is 5.43 Å². The Bertz CT molecular complexity index is 140. The van der Waals surface area contributed by atoms with Crippen LogP contribution in [0, 0.1) is 4.91 Å². The number of rotatable bonds is 0. The highest BCUT2D eigenvalue weighted by Gasteiger charge is 2.00. The van der Waals surface area contributed by atoms with Crippen LogP contribution in [0.3, 0.4) is 0 Å². The molecule has 0 aliphatic carbocycles. The topological polar surface area (TPSA) is 32.1 Å². The first-order valence-electron chi connectivity index (χ1n) is 2.42. The van der Waals surface area contributed by atoms with Crippen molar-refractivity contribution < 1.29 is 4.87 Å². The Morgan fingerprint density at radius 2 is 2.00 bits per heavy atom. The fourth-order valence-electron chi connectivity index (χ4n) is 0.470. The molecular formula is C5H9Cl2N2O+. The van der Waals surface area contributed by atoms with Crippen LogP contribution < -0.4 is 5.43 Å². The van der Waals surface area contributed by atoms with Gasteiger partial charge >= 0.3 is 0 Å². The number of hydrazine groups is 1. The van der Waals surface area contributed by atoms with Crippen LogP contribution in [0.15, 0.2) is 24.4 Å². The maximum atomic E-state index is 10.4. The number of halogens is 2. The predicted octanol–water partition coefficient (Wildman–Crippen LogP) is 1.20. The van der Waals surface area contributed by atoms with Crippen LogP contribution in [-0.4, -0.2) is 11.4 Å². The molecular weight excluding hydrogens is 175 g/mol. The normalized spacial score (nSPS) is 14.2. The molecule has 1 rings (SSSR count). The van der Waals surface area contributed by atoms with Gasteiger partial charge in [0, 0.05) is 0 Å². The molecule has 3 nitrogen and oxygen atoms in total. The molecule has 0 atom stereocenters. The summed E-state index contributed by atoms with van der Waals surface area (Å²) in [7, 11) is 0. The first-order valence-corrected chi connectivity index (χ1v) is 2.42. The van der Waals surface area contributed by atoms with Crippen LogP contribution >= 0.6 is 24.8 Å². The molecule has 0 aromatic heterocycles. The van der Waals surface area contributed by atoms with Crippen molar-refractivity contribution >= 4 is 24.8 Å². The molecule has 1 heterocycles. The molecule has 0 aromatic rings. The van der Waals surface area contributed by atoms with Crippen LogP contribution in [0.4, 0.5) is 0 Å². The van der Waals surface area contributed by atoms with Crippen molar-refractivity contribution in [2.75, 3.05) is 6.54 Å². The Balaban J connectivity index is 0. The molecule has 1 aliphatic heterocycles. The van der Waals surface area contributed by atoms with Crippen molar-refractivity contribution in [3.63, 3.8) is 0 Å². The maximum absolute atomic E-state index is 10.4. The smallest absolute Gasteiger partial charge is 0.147 e. The average Bonchev–Trinajstić information content (AvgIpc) is 1.94. The number of hydrogen-bond acceptors (Lipinski definition) is 1. The maximum Gasteiger partial charge on any atom is 0.244 e. The molecule has 5 heteroatoms. The third-order valence-electron chi connectivity index (χ3n) is 0.833. The van der Waals surface area contributed by atoms with E-state index in [4.69, 9.17) is 0 Å². The summed E-state index contributed by atoms with van der Waals surface area (Å²) in [6.45, 7) is 0.410. The minimum absolute atomic E-state index is 0. The molecule has 0 fully saturated rings. The Morgan fingerprint density at radius 1 is 1.30 bits per heavy atom. The van der Waals surface area contributed by atoms with E-state index < -0.39 is 0 Å². The fourth-order valence-corrected chi connectivity index (χ4v) is 0.470. The summed E-state index contributed by atoms with van der Waals surface area (Å²) < 4.78 is 0. The molecule has 0 bridgehead atoms. The van der Waals surface area contributed by atoms with E-state index in [1.807, 2.05) is 6.08 Å². The summed E-state index contributed by atoms with van der Waals surface area (Å²) in [5, 5.41) is 0. The Morgan fingerprint density at radius 3 is 2.70 bits per heavy atom. The second-order valence-corrected chi connectivity index (χ2v) is 1.48. The van der Waals surface area contributed by atoms with Gasteiger partial charge in [0.25, 0.3) is 0 Å². The largest absolute Gasteiger partial charge is 0.244 e. The first kappa shape index (κ1) is 12.2. The summed E-state index contributed by atoms with van der Waals surface area (Å²) in [6.07, 6.45) is 6.98. The molecule has 0 amide bonds. The SMILES string of the molecule is Cl.Cl.O=[N+]1CC=CC=CN1. The molecule has 10 heavy (non-hydrogen) atoms. The lowest BCUT2D eigenvalue weighted by Gasteiger charge is -1.79. The lowest BCUT2D eigenvalue weighted by atomic mass is 10.5. The van der Waals surface area contributed by atoms with Crippen LogP contribution in [0.1, 0.15) is 0 Å². The number of nitroso groups, excluding NO2 is 1. The number of hydrogen-bond donors (Lipinski definition) is 1. The van der Waals surface area contributed by atoms with E-state index in [2.05, 4.69) is 5.43 Å². The minimum Gasteiger partial charge on any atom is -0.147 e. The van der Waals surface area contributed by atoms with Crippen molar-refractivity contribution in [1.29, 1.82) is 0 Å². The summed E-state index contributed by atoms with van der Waals surface area (Å²) in [5.74, 6) is 0. The third kappa shape index (κ3) is 4.35. The van der Waals surface area contributed by atoms with Gasteiger partial charge < -0.3 is 0 Å². The van der Waals surface area contributed by atoms with Gasteiger partial charge in [-0.3, -0.25) is 0 Å². The highest BCUT2D eigenvalue weighted by atomic mass is 35.5. The second kappa shape index (κ2) is 6.58. The van der Waals surface area contributed by atoms with Gasteiger partial charge in [-0.15, -0.1) is 30.2 Å². The molecule has 0 saturated heterocycles. The summed E-state index contributed by atoms with van der Waals surface area (Å²) in [6, 6.07) is 0. The molecule has 1 aliphatic rings. The van der Waals surface area contributed by atoms with E-state index in [9.17, 15) is 4.91 Å². The zero-order chi connectivity index (χ0) is 5.82. The fraction of sp³-hybridized carbons (Fsp3) is 0.200. The highest BCUT2D eigenvalue weighted by molar-refractivity contribution is 5.85. The molecule has 0 unspecified atom stereocenters. The second-order valence-electron chi connectivity index (χ2n) is 1.48. The van der Waals surface area contributed by atoms with Gasteiger partial charge in [-0.1, -0.05) is 6.08 Å². The van der Waals surface area contributed by atoms with Crippen LogP contribution in [-0.2, 0) is 0 Å². The van der Waals surface area contributed by atoms with Crippen molar-refractivity contribution in [2.24, 2.45) is 0 Å². The summed E-state index contributed by atoms with van der Waals surface area (Å²) >= 11 is 0. The van der Waals surface area contributed by atoms with E-state index in [0.29, 0.717) is 6.54 Å². The molecule has 0 radical (unpaired) electrons. The van der Waals surface area contributed by atoms with E-state index in [0.717, 1.165) is 4.87 Å². The van der Waals surface area contributed by atoms with Crippen LogP contribution in [0.5, 0.6) is 0 Å². The quantitative estimate of drug-likeness (QED) is 0.573. The Hall–Kier alpha value is -0.540. The van der Waals surface area contributed by atoms with Gasteiger partial charge in [0.15, 0.2) is 0 Å². The van der Waals surface area contributed by atoms with E-state index in [1.54, 1.807) is 18.4 Å². The standard InChI is InChI=1S/C5H7N2O.2ClH/c8-7-5-3-1-2-4-6-7;;/h1-4H,5H2,(H,6,8);2*1H/q+1;;. The van der Waals surface area contributed by atoms with Crippen molar-refractivity contribution in [2.45, 2.75) is 0 Å². The Kier molecular flexibility index (Phi) is 8.00. The molecule has 0 saturated carbocycles. The van der Waals surface area contributed by atoms with Gasteiger partial charge in [-0.25, -0.2) is 0 Å². The summed E-state index contributed by atoms with van der Waals surface area (Å²) in [5.41, 5.74) is 2.48. The van der Waals surface area contributed by atoms with Gasteiger partial charge in [0.1, 0.15) is 4.87 Å². The zero-order valence-electron chi connectivity index (χ0n) is 5.19. The van der Waals surface area contributed by atoms with Gasteiger partial charge in [0.05, 0.1) is 11.1 Å². The first-order chi connectivity index (χ1) is 3.89. The van der Waals surface area contributed by atoms with E-state index >= 15 is 0 Å². The molecule has 1 N–H and O–H groups in total. The molecule has 58 valence electrons. The highest BCUT2D eigenvalue weighted by Crippen LogP contribution is 1.81. The Labute approximate surface area is 71.5 Å². The van der Waals surface area contributed by atoms with Crippen LogP contribution in [0.2, 0.25) is 0 Å². The van der Waals surface area contributed by atoms with Crippen LogP contribution in [0.25, 0.3) is 0 Å². The summed E-state index contributed by atoms with van der Waals surface area (Å²) in [4.78, 5) is 11.1. The minimum atomic E-state index is 0. The lowest BCUT2D eigenvalue weighted by molar-refractivity contribution is -0.587.